The summed E-state index contributed by atoms with van der Waals surface area (Å²) in [6.45, 7) is 3.71. The number of hydrogen-bond acceptors (Lipinski definition) is 3. The molecule has 0 fully saturated rings. The van der Waals surface area contributed by atoms with Crippen LogP contribution in [0.1, 0.15) is 30.6 Å². The van der Waals surface area contributed by atoms with Gasteiger partial charge in [-0.1, -0.05) is 42.8 Å². The molecule has 0 spiro atoms. The fraction of sp³-hybridized carbons (Fsp3) is 0.263. The Morgan fingerprint density at radius 3 is 2.52 bits per heavy atom. The molecule has 0 unspecified atom stereocenters. The van der Waals surface area contributed by atoms with Crippen molar-refractivity contribution in [1.29, 1.82) is 0 Å². The van der Waals surface area contributed by atoms with Gasteiger partial charge in [0, 0.05) is 6.04 Å². The highest BCUT2D eigenvalue weighted by molar-refractivity contribution is 6.32. The number of carbonyl (C=O) groups excluding carboxylic acids is 2. The molecule has 0 bridgehead atoms. The predicted octanol–water partition coefficient (Wildman–Crippen LogP) is 3.89. The van der Waals surface area contributed by atoms with Crippen molar-refractivity contribution in [2.75, 3.05) is 11.9 Å². The first-order valence-corrected chi connectivity index (χ1v) is 8.46. The van der Waals surface area contributed by atoms with Gasteiger partial charge >= 0.3 is 0 Å². The van der Waals surface area contributed by atoms with E-state index in [0.29, 0.717) is 22.0 Å². The molecule has 0 aliphatic rings. The minimum atomic E-state index is -0.372. The molecule has 5 nitrogen and oxygen atoms in total. The molecule has 0 heterocycles. The van der Waals surface area contributed by atoms with Gasteiger partial charge in [0.25, 0.3) is 11.8 Å². The van der Waals surface area contributed by atoms with Crippen molar-refractivity contribution >= 4 is 29.1 Å². The smallest absolute Gasteiger partial charge is 0.262 e. The predicted molar refractivity (Wildman–Crippen MR) is 99.2 cm³/mol. The first-order valence-electron chi connectivity index (χ1n) is 8.08. The molecular formula is C19H21ClN2O3. The third-order valence-corrected chi connectivity index (χ3v) is 3.94. The van der Waals surface area contributed by atoms with Crippen molar-refractivity contribution in [3.8, 4) is 5.75 Å². The molecule has 0 saturated heterocycles. The number of benzene rings is 2. The molecule has 2 amide bonds. The lowest BCUT2D eigenvalue weighted by molar-refractivity contribution is -0.118. The fourth-order valence-corrected chi connectivity index (χ4v) is 2.28. The Bertz CT molecular complexity index is 749. The van der Waals surface area contributed by atoms with Gasteiger partial charge in [-0.3, -0.25) is 9.59 Å². The van der Waals surface area contributed by atoms with Gasteiger partial charge in [0.15, 0.2) is 6.61 Å². The third-order valence-electron chi connectivity index (χ3n) is 3.63. The first kappa shape index (κ1) is 18.8. The molecule has 0 aromatic heterocycles. The minimum Gasteiger partial charge on any atom is -0.482 e. The van der Waals surface area contributed by atoms with E-state index in [1.165, 1.54) is 0 Å². The summed E-state index contributed by atoms with van der Waals surface area (Å²) in [4.78, 5) is 24.5. The van der Waals surface area contributed by atoms with Crippen LogP contribution in [0.25, 0.3) is 0 Å². The second-order valence-electron chi connectivity index (χ2n) is 5.60. The van der Waals surface area contributed by atoms with E-state index in [0.717, 1.165) is 6.42 Å². The summed E-state index contributed by atoms with van der Waals surface area (Å²) in [5, 5.41) is 6.02. The molecule has 0 aliphatic heterocycles. The molecule has 2 aromatic rings. The summed E-state index contributed by atoms with van der Waals surface area (Å²) < 4.78 is 5.41. The van der Waals surface area contributed by atoms with Gasteiger partial charge < -0.3 is 15.4 Å². The van der Waals surface area contributed by atoms with E-state index in [1.54, 1.807) is 48.5 Å². The first-order chi connectivity index (χ1) is 12.0. The molecule has 2 rings (SSSR count). The zero-order valence-corrected chi connectivity index (χ0v) is 15.0. The topological polar surface area (TPSA) is 67.4 Å². The van der Waals surface area contributed by atoms with Gasteiger partial charge in [0.2, 0.25) is 0 Å². The normalized spacial score (nSPS) is 11.5. The highest BCUT2D eigenvalue weighted by Gasteiger charge is 2.15. The Morgan fingerprint density at radius 1 is 1.12 bits per heavy atom. The summed E-state index contributed by atoms with van der Waals surface area (Å²) in [6.07, 6.45) is 0.825. The SMILES string of the molecule is CC[C@H](C)NC(=O)c1ccccc1NC(=O)COc1ccccc1Cl. The average molecular weight is 361 g/mol. The van der Waals surface area contributed by atoms with E-state index in [1.807, 2.05) is 13.8 Å². The Balaban J connectivity index is 2.01. The monoisotopic (exact) mass is 360 g/mol. The standard InChI is InChI=1S/C19H21ClN2O3/c1-3-13(2)21-19(24)14-8-4-6-10-16(14)22-18(23)12-25-17-11-7-5-9-15(17)20/h4-11,13H,3,12H2,1-2H3,(H,21,24)(H,22,23)/t13-/m0/s1. The highest BCUT2D eigenvalue weighted by Crippen LogP contribution is 2.23. The van der Waals surface area contributed by atoms with Crippen LogP contribution in [0.4, 0.5) is 5.69 Å². The number of para-hydroxylation sites is 2. The largest absolute Gasteiger partial charge is 0.482 e. The maximum absolute atomic E-state index is 12.3. The van der Waals surface area contributed by atoms with Crippen LogP contribution in [-0.2, 0) is 4.79 Å². The lowest BCUT2D eigenvalue weighted by Crippen LogP contribution is -2.33. The maximum Gasteiger partial charge on any atom is 0.262 e. The highest BCUT2D eigenvalue weighted by atomic mass is 35.5. The molecule has 132 valence electrons. The number of ether oxygens (including phenoxy) is 1. The summed E-state index contributed by atoms with van der Waals surface area (Å²) >= 11 is 5.99. The van der Waals surface area contributed by atoms with Crippen LogP contribution >= 0.6 is 11.6 Å². The number of rotatable bonds is 7. The summed E-state index contributed by atoms with van der Waals surface area (Å²) in [6, 6.07) is 13.8. The molecule has 0 aliphatic carbocycles. The number of nitrogens with one attached hydrogen (secondary N) is 2. The molecule has 2 N–H and O–H groups in total. The van der Waals surface area contributed by atoms with E-state index in [2.05, 4.69) is 10.6 Å². The van der Waals surface area contributed by atoms with Gasteiger partial charge in [-0.15, -0.1) is 0 Å². The van der Waals surface area contributed by atoms with Gasteiger partial charge in [-0.2, -0.15) is 0 Å². The van der Waals surface area contributed by atoms with Crippen molar-refractivity contribution in [1.82, 2.24) is 5.32 Å². The van der Waals surface area contributed by atoms with Crippen molar-refractivity contribution in [3.63, 3.8) is 0 Å². The summed E-state index contributed by atoms with van der Waals surface area (Å²) in [5.74, 6) is -0.164. The van der Waals surface area contributed by atoms with Crippen molar-refractivity contribution < 1.29 is 14.3 Å². The zero-order valence-electron chi connectivity index (χ0n) is 14.2. The lowest BCUT2D eigenvalue weighted by atomic mass is 10.1. The average Bonchev–Trinajstić information content (AvgIpc) is 2.61. The Morgan fingerprint density at radius 2 is 1.80 bits per heavy atom. The number of carbonyl (C=O) groups is 2. The Kier molecular flexibility index (Phi) is 6.83. The zero-order chi connectivity index (χ0) is 18.2. The molecule has 2 aromatic carbocycles. The maximum atomic E-state index is 12.3. The van der Waals surface area contributed by atoms with E-state index < -0.39 is 0 Å². The lowest BCUT2D eigenvalue weighted by Gasteiger charge is -2.15. The number of hydrogen-bond donors (Lipinski definition) is 2. The van der Waals surface area contributed by atoms with Crippen molar-refractivity contribution in [2.45, 2.75) is 26.3 Å². The van der Waals surface area contributed by atoms with Gasteiger partial charge in [0.05, 0.1) is 16.3 Å². The minimum absolute atomic E-state index is 0.0554. The number of anilines is 1. The van der Waals surface area contributed by atoms with Crippen LogP contribution in [0.3, 0.4) is 0 Å². The van der Waals surface area contributed by atoms with E-state index in [-0.39, 0.29) is 24.5 Å². The van der Waals surface area contributed by atoms with Crippen LogP contribution in [0.2, 0.25) is 5.02 Å². The Labute approximate surface area is 152 Å². The van der Waals surface area contributed by atoms with Crippen molar-refractivity contribution in [2.24, 2.45) is 0 Å². The Hall–Kier alpha value is -2.53. The third kappa shape index (κ3) is 5.50. The molecule has 0 radical (unpaired) electrons. The van der Waals surface area contributed by atoms with Gasteiger partial charge in [-0.25, -0.2) is 0 Å². The molecule has 6 heteroatoms. The van der Waals surface area contributed by atoms with E-state index in [4.69, 9.17) is 16.3 Å². The molecule has 0 saturated carbocycles. The van der Waals surface area contributed by atoms with Crippen LogP contribution in [-0.4, -0.2) is 24.5 Å². The van der Waals surface area contributed by atoms with Crippen LogP contribution < -0.4 is 15.4 Å². The molecule has 1 atom stereocenters. The number of halogens is 1. The van der Waals surface area contributed by atoms with Crippen molar-refractivity contribution in [3.05, 3.63) is 59.1 Å². The molecular weight excluding hydrogens is 340 g/mol. The summed E-state index contributed by atoms with van der Waals surface area (Å²) in [5.41, 5.74) is 0.852. The second kappa shape index (κ2) is 9.08. The second-order valence-corrected chi connectivity index (χ2v) is 6.00. The van der Waals surface area contributed by atoms with Gasteiger partial charge in [0.1, 0.15) is 5.75 Å². The van der Waals surface area contributed by atoms with Crippen LogP contribution in [0, 0.1) is 0 Å². The van der Waals surface area contributed by atoms with Gasteiger partial charge in [-0.05, 0) is 37.6 Å². The summed E-state index contributed by atoms with van der Waals surface area (Å²) in [7, 11) is 0. The van der Waals surface area contributed by atoms with E-state index in [9.17, 15) is 9.59 Å². The van der Waals surface area contributed by atoms with E-state index >= 15 is 0 Å². The van der Waals surface area contributed by atoms with Crippen LogP contribution in [0.5, 0.6) is 5.75 Å². The quantitative estimate of drug-likeness (QED) is 0.787. The van der Waals surface area contributed by atoms with Crippen LogP contribution in [0.15, 0.2) is 48.5 Å². The number of amides is 2. The molecule has 25 heavy (non-hydrogen) atoms. The fourth-order valence-electron chi connectivity index (χ4n) is 2.09.